The number of carbonyl (C=O) groups is 3. The minimum atomic E-state index is -0.577. The Kier molecular flexibility index (Phi) is 9.41. The second-order valence-corrected chi connectivity index (χ2v) is 7.91. The summed E-state index contributed by atoms with van der Waals surface area (Å²) in [5.41, 5.74) is -0.157. The summed E-state index contributed by atoms with van der Waals surface area (Å²) in [6.45, 7) is 2.89. The second-order valence-electron chi connectivity index (χ2n) is 7.91. The topological polar surface area (TPSA) is 137 Å². The third-order valence-corrected chi connectivity index (χ3v) is 5.86. The number of nitrogens with zero attached hydrogens (tertiary/aromatic N) is 4. The molecule has 2 aliphatic heterocycles. The molecule has 3 heterocycles. The molecule has 0 aliphatic carbocycles. The molecule has 0 spiro atoms. The maximum absolute atomic E-state index is 13.2. The van der Waals surface area contributed by atoms with Crippen LogP contribution in [0.4, 0.5) is 0 Å². The van der Waals surface area contributed by atoms with Crippen LogP contribution in [-0.2, 0) is 21.4 Å². The molecular weight excluding hydrogens is 406 g/mol. The van der Waals surface area contributed by atoms with Crippen molar-refractivity contribution in [2.24, 2.45) is 12.5 Å². The molecule has 2 aliphatic rings. The summed E-state index contributed by atoms with van der Waals surface area (Å²) in [6.07, 6.45) is 5.65. The maximum atomic E-state index is 13.2. The number of amides is 2. The highest BCUT2D eigenvalue weighted by molar-refractivity contribution is 5.93. The lowest BCUT2D eigenvalue weighted by molar-refractivity contribution is -0.142. The minimum absolute atomic E-state index is 0.00304. The standard InChI is InChI=1S/C19H31N5O4.CH2O2/c1-22-8-5-19(18(27)20-6-10-28-11-9-25)4-3-7-24(16(19)13-22)17(26)15-12-23(2)14-21-15;2-1-3/h12,14,16,25H,3-11,13H2,1-2H3,(H,20,27);1H,(H,2,3)/t16-,19+;/m0./s1. The lowest BCUT2D eigenvalue weighted by atomic mass is 9.67. The van der Waals surface area contributed by atoms with Gasteiger partial charge < -0.3 is 34.6 Å². The van der Waals surface area contributed by atoms with E-state index in [0.29, 0.717) is 31.9 Å². The number of likely N-dealkylation sites (N-methyl/N-ethyl adjacent to an activating group) is 1. The van der Waals surface area contributed by atoms with Gasteiger partial charge in [0.2, 0.25) is 5.91 Å². The lowest BCUT2D eigenvalue weighted by Crippen LogP contribution is -2.66. The second kappa shape index (κ2) is 11.8. The lowest BCUT2D eigenvalue weighted by Gasteiger charge is -2.53. The highest BCUT2D eigenvalue weighted by Gasteiger charge is 2.53. The van der Waals surface area contributed by atoms with Crippen molar-refractivity contribution in [2.45, 2.75) is 25.3 Å². The summed E-state index contributed by atoms with van der Waals surface area (Å²) < 4.78 is 7.00. The van der Waals surface area contributed by atoms with Crippen molar-refractivity contribution < 1.29 is 29.3 Å². The minimum Gasteiger partial charge on any atom is -0.483 e. The number of carbonyl (C=O) groups excluding carboxylic acids is 2. The number of hydrogen-bond donors (Lipinski definition) is 3. The molecule has 1 aromatic heterocycles. The molecule has 11 nitrogen and oxygen atoms in total. The Labute approximate surface area is 182 Å². The average molecular weight is 440 g/mol. The Morgan fingerprint density at radius 2 is 2.06 bits per heavy atom. The van der Waals surface area contributed by atoms with Crippen LogP contribution in [0.5, 0.6) is 0 Å². The molecule has 0 aromatic carbocycles. The number of hydrogen-bond acceptors (Lipinski definition) is 7. The van der Waals surface area contributed by atoms with Gasteiger partial charge in [0.05, 0.1) is 37.6 Å². The molecule has 31 heavy (non-hydrogen) atoms. The number of aromatic nitrogens is 2. The van der Waals surface area contributed by atoms with Crippen LogP contribution in [0.3, 0.4) is 0 Å². The van der Waals surface area contributed by atoms with E-state index in [1.165, 1.54) is 0 Å². The summed E-state index contributed by atoms with van der Waals surface area (Å²) in [6, 6.07) is -0.173. The molecule has 0 unspecified atom stereocenters. The highest BCUT2D eigenvalue weighted by atomic mass is 16.5. The van der Waals surface area contributed by atoms with Gasteiger partial charge in [0, 0.05) is 32.9 Å². The first-order valence-corrected chi connectivity index (χ1v) is 10.4. The smallest absolute Gasteiger partial charge is 0.290 e. The predicted octanol–water partition coefficient (Wildman–Crippen LogP) is -0.827. The Balaban J connectivity index is 0.00000107. The number of aryl methyl sites for hydroxylation is 1. The van der Waals surface area contributed by atoms with E-state index in [0.717, 1.165) is 25.8 Å². The van der Waals surface area contributed by atoms with Gasteiger partial charge in [-0.2, -0.15) is 0 Å². The van der Waals surface area contributed by atoms with E-state index in [1.54, 1.807) is 17.1 Å². The molecule has 1 aromatic rings. The molecule has 0 bridgehead atoms. The number of aliphatic hydroxyl groups is 1. The number of piperidine rings is 2. The fourth-order valence-electron chi connectivity index (χ4n) is 4.40. The first-order valence-electron chi connectivity index (χ1n) is 10.4. The predicted molar refractivity (Wildman–Crippen MR) is 111 cm³/mol. The molecule has 0 radical (unpaired) electrons. The van der Waals surface area contributed by atoms with Crippen LogP contribution < -0.4 is 5.32 Å². The van der Waals surface area contributed by atoms with Gasteiger partial charge in [-0.1, -0.05) is 0 Å². The number of imidazole rings is 1. The van der Waals surface area contributed by atoms with Crippen molar-refractivity contribution in [1.82, 2.24) is 24.7 Å². The number of fused-ring (bicyclic) bond motifs is 1. The number of likely N-dealkylation sites (tertiary alicyclic amines) is 2. The van der Waals surface area contributed by atoms with E-state index in [2.05, 4.69) is 15.2 Å². The molecule has 2 fully saturated rings. The normalized spacial score (nSPS) is 23.3. The average Bonchev–Trinajstić information content (AvgIpc) is 3.19. The van der Waals surface area contributed by atoms with Crippen molar-refractivity contribution in [2.75, 3.05) is 53.0 Å². The van der Waals surface area contributed by atoms with Crippen LogP contribution in [0.15, 0.2) is 12.5 Å². The van der Waals surface area contributed by atoms with Crippen LogP contribution >= 0.6 is 0 Å². The summed E-state index contributed by atoms with van der Waals surface area (Å²) in [5.74, 6) is -0.110. The van der Waals surface area contributed by atoms with Crippen LogP contribution in [0, 0.1) is 5.41 Å². The number of carboxylic acid groups (broad SMARTS) is 1. The van der Waals surface area contributed by atoms with Gasteiger partial charge in [-0.15, -0.1) is 0 Å². The van der Waals surface area contributed by atoms with Gasteiger partial charge in [-0.25, -0.2) is 4.98 Å². The zero-order chi connectivity index (χ0) is 22.9. The van der Waals surface area contributed by atoms with E-state index in [4.69, 9.17) is 19.7 Å². The summed E-state index contributed by atoms with van der Waals surface area (Å²) in [4.78, 5) is 42.9. The van der Waals surface area contributed by atoms with Crippen LogP contribution in [0.2, 0.25) is 0 Å². The first-order chi connectivity index (χ1) is 14.9. The van der Waals surface area contributed by atoms with Crippen molar-refractivity contribution in [1.29, 1.82) is 0 Å². The van der Waals surface area contributed by atoms with Crippen LogP contribution in [-0.4, -0.2) is 107 Å². The number of nitrogens with one attached hydrogen (secondary N) is 1. The Morgan fingerprint density at radius 1 is 1.32 bits per heavy atom. The third kappa shape index (κ3) is 6.02. The Morgan fingerprint density at radius 3 is 2.71 bits per heavy atom. The van der Waals surface area contributed by atoms with E-state index >= 15 is 0 Å². The Bertz CT molecular complexity index is 741. The molecule has 11 heteroatoms. The van der Waals surface area contributed by atoms with E-state index in [1.807, 2.05) is 19.0 Å². The summed E-state index contributed by atoms with van der Waals surface area (Å²) >= 11 is 0. The molecule has 2 amide bonds. The van der Waals surface area contributed by atoms with Gasteiger partial charge in [0.15, 0.2) is 0 Å². The number of rotatable bonds is 7. The van der Waals surface area contributed by atoms with Gasteiger partial charge >= 0.3 is 0 Å². The molecule has 3 rings (SSSR count). The van der Waals surface area contributed by atoms with E-state index in [-0.39, 0.29) is 37.5 Å². The summed E-state index contributed by atoms with van der Waals surface area (Å²) in [5, 5.41) is 18.7. The molecule has 2 atom stereocenters. The SMILES string of the molecule is CN1CC[C@]2(C(=O)NCCOCCO)CCCN(C(=O)c3cn(C)cn3)[C@H]2C1.O=CO. The van der Waals surface area contributed by atoms with Crippen LogP contribution in [0.1, 0.15) is 29.8 Å². The number of aliphatic hydroxyl groups excluding tert-OH is 1. The van der Waals surface area contributed by atoms with Gasteiger partial charge in [-0.05, 0) is 32.9 Å². The fraction of sp³-hybridized carbons (Fsp3) is 0.700. The zero-order valence-electron chi connectivity index (χ0n) is 18.2. The van der Waals surface area contributed by atoms with Crippen molar-refractivity contribution in [3.05, 3.63) is 18.2 Å². The molecule has 174 valence electrons. The van der Waals surface area contributed by atoms with E-state index in [9.17, 15) is 9.59 Å². The molecular formula is C20H33N5O6. The zero-order valence-corrected chi connectivity index (χ0v) is 18.2. The van der Waals surface area contributed by atoms with Crippen molar-refractivity contribution >= 4 is 18.3 Å². The number of ether oxygens (including phenoxy) is 1. The molecule has 0 saturated carbocycles. The van der Waals surface area contributed by atoms with Crippen molar-refractivity contribution in [3.8, 4) is 0 Å². The maximum Gasteiger partial charge on any atom is 0.290 e. The van der Waals surface area contributed by atoms with Gasteiger partial charge in [0.1, 0.15) is 5.69 Å². The Hall–Kier alpha value is -2.50. The third-order valence-electron chi connectivity index (χ3n) is 5.86. The van der Waals surface area contributed by atoms with Crippen molar-refractivity contribution in [3.63, 3.8) is 0 Å². The largest absolute Gasteiger partial charge is 0.483 e. The van der Waals surface area contributed by atoms with Crippen LogP contribution in [0.25, 0.3) is 0 Å². The van der Waals surface area contributed by atoms with E-state index < -0.39 is 5.41 Å². The molecule has 2 saturated heterocycles. The van der Waals surface area contributed by atoms with Gasteiger partial charge in [0.25, 0.3) is 12.4 Å². The molecule has 3 N–H and O–H groups in total. The highest BCUT2D eigenvalue weighted by Crippen LogP contribution is 2.43. The quantitative estimate of drug-likeness (QED) is 0.370. The first kappa shape index (κ1) is 24.8. The fourth-order valence-corrected chi connectivity index (χ4v) is 4.40. The van der Waals surface area contributed by atoms with Gasteiger partial charge in [-0.3, -0.25) is 14.4 Å². The summed E-state index contributed by atoms with van der Waals surface area (Å²) in [7, 11) is 3.87. The monoisotopic (exact) mass is 439 g/mol.